The lowest BCUT2D eigenvalue weighted by Crippen LogP contribution is -2.58. The van der Waals surface area contributed by atoms with Gasteiger partial charge in [-0.2, -0.15) is 18.3 Å². The van der Waals surface area contributed by atoms with Gasteiger partial charge in [0.1, 0.15) is 6.26 Å². The monoisotopic (exact) mass is 661 g/mol. The maximum Gasteiger partial charge on any atom is 0.393 e. The van der Waals surface area contributed by atoms with Crippen LogP contribution in [0.3, 0.4) is 0 Å². The molecule has 0 aromatic carbocycles. The predicted octanol–water partition coefficient (Wildman–Crippen LogP) is 5.00. The molecular formula is C28H30F7N7O4. The van der Waals surface area contributed by atoms with Crippen LogP contribution in [0.2, 0.25) is 0 Å². The molecule has 46 heavy (non-hydrogen) atoms. The van der Waals surface area contributed by atoms with Crippen LogP contribution in [-0.2, 0) is 11.2 Å². The van der Waals surface area contributed by atoms with Crippen LogP contribution < -0.4 is 10.6 Å². The van der Waals surface area contributed by atoms with Gasteiger partial charge in [-0.1, -0.05) is 5.16 Å². The van der Waals surface area contributed by atoms with E-state index >= 15 is 0 Å². The molecule has 2 atom stereocenters. The SMILES string of the molecule is O=C(N[C@H](c1cn2ncc([C@@H](COC3CC3)N3CC(F)(F)CNC3=O)cc2n1)C1CCC(F)(F)CC1)c1nocc1CC(F)(F)F. The van der Waals surface area contributed by atoms with Crippen molar-refractivity contribution in [2.75, 3.05) is 19.7 Å². The maximum atomic E-state index is 14.3. The molecule has 3 aliphatic rings. The van der Waals surface area contributed by atoms with Crippen LogP contribution in [0.1, 0.15) is 77.9 Å². The van der Waals surface area contributed by atoms with E-state index in [0.29, 0.717) is 5.56 Å². The summed E-state index contributed by atoms with van der Waals surface area (Å²) in [5.41, 5.74) is -0.375. The first-order valence-electron chi connectivity index (χ1n) is 14.7. The van der Waals surface area contributed by atoms with Gasteiger partial charge in [-0.3, -0.25) is 4.79 Å². The number of alkyl halides is 7. The average molecular weight is 662 g/mol. The molecule has 3 amide bonds. The fourth-order valence-corrected chi connectivity index (χ4v) is 5.83. The smallest absolute Gasteiger partial charge is 0.376 e. The third-order valence-electron chi connectivity index (χ3n) is 8.38. The van der Waals surface area contributed by atoms with Crippen molar-refractivity contribution >= 4 is 17.6 Å². The first kappa shape index (κ1) is 32.0. The number of nitrogens with one attached hydrogen (secondary N) is 2. The molecule has 0 bridgehead atoms. The molecule has 0 spiro atoms. The van der Waals surface area contributed by atoms with Gasteiger partial charge in [0.05, 0.1) is 62.4 Å². The van der Waals surface area contributed by atoms with Crippen LogP contribution in [-0.4, -0.2) is 80.4 Å². The Bertz CT molecular complexity index is 1580. The minimum atomic E-state index is -4.65. The van der Waals surface area contributed by atoms with Crippen LogP contribution in [0.4, 0.5) is 35.5 Å². The summed E-state index contributed by atoms with van der Waals surface area (Å²) in [5, 5.41) is 12.6. The normalized spacial score (nSPS) is 21.6. The molecule has 4 heterocycles. The second-order valence-corrected chi connectivity index (χ2v) is 12.1. The largest absolute Gasteiger partial charge is 0.393 e. The average Bonchev–Trinajstić information content (AvgIpc) is 3.53. The van der Waals surface area contributed by atoms with Crippen molar-refractivity contribution in [2.24, 2.45) is 5.92 Å². The fourth-order valence-electron chi connectivity index (χ4n) is 5.83. The van der Waals surface area contributed by atoms with Crippen LogP contribution in [0, 0.1) is 5.92 Å². The van der Waals surface area contributed by atoms with Crippen LogP contribution >= 0.6 is 0 Å². The Balaban J connectivity index is 1.31. The van der Waals surface area contributed by atoms with E-state index in [1.165, 1.54) is 23.0 Å². The summed E-state index contributed by atoms with van der Waals surface area (Å²) in [5.74, 6) is -7.66. The zero-order valence-electron chi connectivity index (χ0n) is 24.2. The summed E-state index contributed by atoms with van der Waals surface area (Å²) in [7, 11) is 0. The lowest BCUT2D eigenvalue weighted by atomic mass is 9.81. The molecule has 18 heteroatoms. The van der Waals surface area contributed by atoms with Crippen molar-refractivity contribution in [3.8, 4) is 0 Å². The van der Waals surface area contributed by atoms with Crippen LogP contribution in [0.5, 0.6) is 0 Å². The van der Waals surface area contributed by atoms with Gasteiger partial charge in [0.15, 0.2) is 11.3 Å². The molecule has 3 aromatic rings. The highest BCUT2D eigenvalue weighted by atomic mass is 19.4. The van der Waals surface area contributed by atoms with E-state index in [9.17, 15) is 40.3 Å². The van der Waals surface area contributed by atoms with E-state index in [1.807, 2.05) is 0 Å². The first-order valence-corrected chi connectivity index (χ1v) is 14.7. The fraction of sp³-hybridized carbons (Fsp3) is 0.607. The molecular weight excluding hydrogens is 631 g/mol. The summed E-state index contributed by atoms with van der Waals surface area (Å²) >= 11 is 0. The summed E-state index contributed by atoms with van der Waals surface area (Å²) < 4.78 is 108. The maximum absolute atomic E-state index is 14.3. The standard InChI is InChI=1S/C28H30F7N7O4/c29-26(30)5-3-15(4-6-26)22(39-24(43)23-17(11-46-40-23)8-28(33,34)35)19-10-42-21(38-19)7-16(9-37-42)20(12-45-18-1-2-18)41-14-27(31,32)13-36-25(41)44/h7,9-11,15,18,20,22H,1-6,8,12-14H2,(H,36,44)(H,39,43)/t20-,22+/m1/s1. The number of urea groups is 1. The summed E-state index contributed by atoms with van der Waals surface area (Å²) in [4.78, 5) is 31.4. The number of aromatic nitrogens is 4. The number of imidazole rings is 1. The van der Waals surface area contributed by atoms with Crippen LogP contribution in [0.25, 0.3) is 5.65 Å². The molecule has 0 radical (unpaired) electrons. The van der Waals surface area contributed by atoms with Crippen molar-refractivity contribution < 1.29 is 49.6 Å². The minimum Gasteiger partial charge on any atom is -0.376 e. The number of hydrogen-bond donors (Lipinski definition) is 2. The Hall–Kier alpha value is -3.96. The second kappa shape index (κ2) is 12.0. The number of fused-ring (bicyclic) bond motifs is 1. The summed E-state index contributed by atoms with van der Waals surface area (Å²) in [6.07, 6.45) is -1.97. The van der Waals surface area contributed by atoms with Crippen LogP contribution in [0.15, 0.2) is 29.2 Å². The van der Waals surface area contributed by atoms with Crippen molar-refractivity contribution in [3.05, 3.63) is 47.2 Å². The molecule has 2 N–H and O–H groups in total. The third kappa shape index (κ3) is 7.36. The third-order valence-corrected chi connectivity index (χ3v) is 8.38. The van der Waals surface area contributed by atoms with Crippen molar-refractivity contribution in [3.63, 3.8) is 0 Å². The van der Waals surface area contributed by atoms with E-state index < -0.39 is 91.6 Å². The van der Waals surface area contributed by atoms with Gasteiger partial charge in [-0.25, -0.2) is 31.9 Å². The molecule has 6 rings (SSSR count). The highest BCUT2D eigenvalue weighted by Gasteiger charge is 2.43. The van der Waals surface area contributed by atoms with Crippen molar-refractivity contribution in [1.29, 1.82) is 0 Å². The molecule has 2 saturated carbocycles. The van der Waals surface area contributed by atoms with E-state index in [0.717, 1.165) is 24.0 Å². The zero-order valence-corrected chi connectivity index (χ0v) is 24.2. The topological polar surface area (TPSA) is 127 Å². The van der Waals surface area contributed by atoms with E-state index in [2.05, 4.69) is 30.4 Å². The zero-order chi connectivity index (χ0) is 32.9. The van der Waals surface area contributed by atoms with Crippen molar-refractivity contribution in [2.45, 2.75) is 81.2 Å². The molecule has 11 nitrogen and oxygen atoms in total. The van der Waals surface area contributed by atoms with Crippen molar-refractivity contribution in [1.82, 2.24) is 35.3 Å². The summed E-state index contributed by atoms with van der Waals surface area (Å²) in [6.45, 7) is -1.72. The van der Waals surface area contributed by atoms with Gasteiger partial charge >= 0.3 is 12.2 Å². The molecule has 3 aromatic heterocycles. The second-order valence-electron chi connectivity index (χ2n) is 12.1. The number of rotatable bonds is 10. The Labute approximate surface area is 256 Å². The molecule has 2 aliphatic carbocycles. The minimum absolute atomic E-state index is 0.0163. The summed E-state index contributed by atoms with van der Waals surface area (Å²) in [6, 6.07) is -1.15. The van der Waals surface area contributed by atoms with E-state index in [1.54, 1.807) is 0 Å². The molecule has 1 aliphatic heterocycles. The number of carbonyl (C=O) groups is 2. The van der Waals surface area contributed by atoms with Gasteiger partial charge in [-0.05, 0) is 37.7 Å². The molecule has 250 valence electrons. The van der Waals surface area contributed by atoms with E-state index in [4.69, 9.17) is 4.74 Å². The lowest BCUT2D eigenvalue weighted by Gasteiger charge is -2.38. The van der Waals surface area contributed by atoms with E-state index in [-0.39, 0.29) is 36.9 Å². The predicted molar refractivity (Wildman–Crippen MR) is 143 cm³/mol. The Morgan fingerprint density at radius 1 is 1.15 bits per heavy atom. The van der Waals surface area contributed by atoms with Gasteiger partial charge < -0.3 is 24.8 Å². The Morgan fingerprint density at radius 2 is 1.89 bits per heavy atom. The molecule has 1 saturated heterocycles. The quantitative estimate of drug-likeness (QED) is 0.293. The molecule has 3 fully saturated rings. The number of amides is 3. The number of ether oxygens (including phenoxy) is 1. The highest BCUT2D eigenvalue weighted by molar-refractivity contribution is 5.93. The van der Waals surface area contributed by atoms with Gasteiger partial charge in [0, 0.05) is 24.0 Å². The molecule has 0 unspecified atom stereocenters. The Morgan fingerprint density at radius 3 is 2.59 bits per heavy atom. The Kier molecular flexibility index (Phi) is 8.35. The number of carbonyl (C=O) groups excluding carboxylic acids is 2. The highest BCUT2D eigenvalue weighted by Crippen LogP contribution is 2.41. The van der Waals surface area contributed by atoms with Gasteiger partial charge in [0.2, 0.25) is 5.92 Å². The number of halogens is 7. The number of nitrogens with zero attached hydrogens (tertiary/aromatic N) is 5. The lowest BCUT2D eigenvalue weighted by molar-refractivity contribution is -0.127. The first-order chi connectivity index (χ1) is 21.7. The van der Waals surface area contributed by atoms with Gasteiger partial charge in [0.25, 0.3) is 11.8 Å². The van der Waals surface area contributed by atoms with Gasteiger partial charge in [-0.15, -0.1) is 0 Å². The number of hydrogen-bond acceptors (Lipinski definition) is 7.